The SMILES string of the molecule is C=CCC(CC=C)C(C)C. The Morgan fingerprint density at radius 3 is 1.70 bits per heavy atom. The molecule has 0 N–H and O–H groups in total. The van der Waals surface area contributed by atoms with Crippen LogP contribution in [-0.2, 0) is 0 Å². The molecule has 0 aromatic rings. The quantitative estimate of drug-likeness (QED) is 0.511. The van der Waals surface area contributed by atoms with Crippen molar-refractivity contribution in [2.24, 2.45) is 11.8 Å². The Kier molecular flexibility index (Phi) is 5.00. The monoisotopic (exact) mass is 138 g/mol. The third-order valence-corrected chi connectivity index (χ3v) is 1.88. The van der Waals surface area contributed by atoms with Crippen molar-refractivity contribution in [2.75, 3.05) is 0 Å². The highest BCUT2D eigenvalue weighted by Crippen LogP contribution is 2.19. The molecule has 58 valence electrons. The van der Waals surface area contributed by atoms with E-state index in [0.29, 0.717) is 0 Å². The van der Waals surface area contributed by atoms with E-state index in [1.54, 1.807) is 0 Å². The largest absolute Gasteiger partial charge is 0.103 e. The fourth-order valence-corrected chi connectivity index (χ4v) is 1.07. The van der Waals surface area contributed by atoms with Gasteiger partial charge in [-0.3, -0.25) is 0 Å². The van der Waals surface area contributed by atoms with Crippen molar-refractivity contribution in [1.82, 2.24) is 0 Å². The Morgan fingerprint density at radius 2 is 1.50 bits per heavy atom. The first kappa shape index (κ1) is 9.48. The van der Waals surface area contributed by atoms with Gasteiger partial charge in [-0.25, -0.2) is 0 Å². The predicted octanol–water partition coefficient (Wildman–Crippen LogP) is 3.41. The first-order chi connectivity index (χ1) is 4.72. The van der Waals surface area contributed by atoms with Crippen molar-refractivity contribution < 1.29 is 0 Å². The predicted molar refractivity (Wildman–Crippen MR) is 48.0 cm³/mol. The van der Waals surface area contributed by atoms with Crippen LogP contribution in [0.4, 0.5) is 0 Å². The summed E-state index contributed by atoms with van der Waals surface area (Å²) in [5.41, 5.74) is 0. The summed E-state index contributed by atoms with van der Waals surface area (Å²) < 4.78 is 0. The zero-order valence-corrected chi connectivity index (χ0v) is 7.14. The lowest BCUT2D eigenvalue weighted by atomic mass is 9.90. The van der Waals surface area contributed by atoms with Crippen molar-refractivity contribution in [3.63, 3.8) is 0 Å². The molecule has 0 saturated heterocycles. The van der Waals surface area contributed by atoms with Gasteiger partial charge in [0.1, 0.15) is 0 Å². The first-order valence-electron chi connectivity index (χ1n) is 3.94. The zero-order chi connectivity index (χ0) is 7.98. The fourth-order valence-electron chi connectivity index (χ4n) is 1.07. The van der Waals surface area contributed by atoms with Gasteiger partial charge in [0.25, 0.3) is 0 Å². The molecular weight excluding hydrogens is 120 g/mol. The van der Waals surface area contributed by atoms with Crippen LogP contribution in [-0.4, -0.2) is 0 Å². The van der Waals surface area contributed by atoms with Gasteiger partial charge in [-0.15, -0.1) is 13.2 Å². The van der Waals surface area contributed by atoms with Crippen LogP contribution in [0.15, 0.2) is 25.3 Å². The van der Waals surface area contributed by atoms with E-state index in [9.17, 15) is 0 Å². The zero-order valence-electron chi connectivity index (χ0n) is 7.14. The van der Waals surface area contributed by atoms with Gasteiger partial charge < -0.3 is 0 Å². The molecule has 0 atom stereocenters. The topological polar surface area (TPSA) is 0 Å². The maximum atomic E-state index is 3.73. The Morgan fingerprint density at radius 1 is 1.10 bits per heavy atom. The van der Waals surface area contributed by atoms with Crippen LogP contribution in [0.2, 0.25) is 0 Å². The van der Waals surface area contributed by atoms with E-state index in [0.717, 1.165) is 24.7 Å². The Bertz CT molecular complexity index is 90.6. The van der Waals surface area contributed by atoms with Gasteiger partial charge in [-0.05, 0) is 24.7 Å². The minimum atomic E-state index is 0.745. The van der Waals surface area contributed by atoms with Crippen LogP contribution in [0.25, 0.3) is 0 Å². The second kappa shape index (κ2) is 5.28. The summed E-state index contributed by atoms with van der Waals surface area (Å²) >= 11 is 0. The molecule has 10 heavy (non-hydrogen) atoms. The molecule has 0 nitrogen and oxygen atoms in total. The van der Waals surface area contributed by atoms with Crippen molar-refractivity contribution >= 4 is 0 Å². The molecule has 0 amide bonds. The molecule has 0 fully saturated rings. The maximum absolute atomic E-state index is 3.73. The second-order valence-corrected chi connectivity index (χ2v) is 3.05. The van der Waals surface area contributed by atoms with Crippen LogP contribution in [0.1, 0.15) is 26.7 Å². The molecule has 0 heterocycles. The average Bonchev–Trinajstić information content (AvgIpc) is 1.87. The van der Waals surface area contributed by atoms with Crippen LogP contribution in [0.5, 0.6) is 0 Å². The Balaban J connectivity index is 3.70. The summed E-state index contributed by atoms with van der Waals surface area (Å²) in [4.78, 5) is 0. The molecule has 0 unspecified atom stereocenters. The Hall–Kier alpha value is -0.520. The van der Waals surface area contributed by atoms with Crippen LogP contribution in [0, 0.1) is 11.8 Å². The molecule has 0 radical (unpaired) electrons. The molecule has 0 heteroatoms. The summed E-state index contributed by atoms with van der Waals surface area (Å²) in [5, 5.41) is 0. The van der Waals surface area contributed by atoms with E-state index >= 15 is 0 Å². The third-order valence-electron chi connectivity index (χ3n) is 1.88. The van der Waals surface area contributed by atoms with Crippen LogP contribution >= 0.6 is 0 Å². The smallest absolute Gasteiger partial charge is 0.0319 e. The summed E-state index contributed by atoms with van der Waals surface area (Å²) in [6.45, 7) is 12.0. The van der Waals surface area contributed by atoms with Crippen molar-refractivity contribution in [3.8, 4) is 0 Å². The molecule has 0 aromatic carbocycles. The molecular formula is C10H18. The lowest BCUT2D eigenvalue weighted by molar-refractivity contribution is 0.393. The van der Waals surface area contributed by atoms with Crippen LogP contribution < -0.4 is 0 Å². The minimum absolute atomic E-state index is 0.745. The van der Waals surface area contributed by atoms with Crippen molar-refractivity contribution in [3.05, 3.63) is 25.3 Å². The van der Waals surface area contributed by atoms with E-state index in [-0.39, 0.29) is 0 Å². The third kappa shape index (κ3) is 3.49. The van der Waals surface area contributed by atoms with E-state index in [1.165, 1.54) is 0 Å². The molecule has 0 aliphatic rings. The number of hydrogen-bond acceptors (Lipinski definition) is 0. The van der Waals surface area contributed by atoms with E-state index in [1.807, 2.05) is 12.2 Å². The van der Waals surface area contributed by atoms with Crippen LogP contribution in [0.3, 0.4) is 0 Å². The first-order valence-corrected chi connectivity index (χ1v) is 3.94. The molecule has 0 aromatic heterocycles. The van der Waals surface area contributed by atoms with Gasteiger partial charge >= 0.3 is 0 Å². The summed E-state index contributed by atoms with van der Waals surface area (Å²) in [7, 11) is 0. The molecule has 0 spiro atoms. The summed E-state index contributed by atoms with van der Waals surface area (Å²) in [6.07, 6.45) is 6.22. The second-order valence-electron chi connectivity index (χ2n) is 3.05. The molecule has 0 aliphatic carbocycles. The maximum Gasteiger partial charge on any atom is -0.0319 e. The van der Waals surface area contributed by atoms with Gasteiger partial charge in [0.2, 0.25) is 0 Å². The van der Waals surface area contributed by atoms with E-state index in [2.05, 4.69) is 27.0 Å². The molecule has 0 rings (SSSR count). The average molecular weight is 138 g/mol. The number of allylic oxidation sites excluding steroid dienone is 2. The Labute approximate surface area is 64.6 Å². The molecule has 0 bridgehead atoms. The lowest BCUT2D eigenvalue weighted by Crippen LogP contribution is -2.05. The number of hydrogen-bond donors (Lipinski definition) is 0. The van der Waals surface area contributed by atoms with Gasteiger partial charge in [-0.1, -0.05) is 26.0 Å². The standard InChI is InChI=1S/C10H18/c1-5-7-10(8-6-2)9(3)4/h5-6,9-10H,1-2,7-8H2,3-4H3. The van der Waals surface area contributed by atoms with Crippen molar-refractivity contribution in [1.29, 1.82) is 0 Å². The highest BCUT2D eigenvalue weighted by atomic mass is 14.1. The summed E-state index contributed by atoms with van der Waals surface area (Å²) in [6, 6.07) is 0. The number of rotatable bonds is 5. The van der Waals surface area contributed by atoms with Gasteiger partial charge in [-0.2, -0.15) is 0 Å². The van der Waals surface area contributed by atoms with E-state index in [4.69, 9.17) is 0 Å². The summed E-state index contributed by atoms with van der Waals surface area (Å²) in [5.74, 6) is 1.49. The molecule has 0 aliphatic heterocycles. The van der Waals surface area contributed by atoms with Gasteiger partial charge in [0, 0.05) is 0 Å². The van der Waals surface area contributed by atoms with Gasteiger partial charge in [0.15, 0.2) is 0 Å². The highest BCUT2D eigenvalue weighted by molar-refractivity contribution is 4.80. The van der Waals surface area contributed by atoms with Crippen molar-refractivity contribution in [2.45, 2.75) is 26.7 Å². The minimum Gasteiger partial charge on any atom is -0.103 e. The van der Waals surface area contributed by atoms with E-state index < -0.39 is 0 Å². The molecule has 0 saturated carbocycles. The normalized spacial score (nSPS) is 10.4. The van der Waals surface area contributed by atoms with Gasteiger partial charge in [0.05, 0.1) is 0 Å². The lowest BCUT2D eigenvalue weighted by Gasteiger charge is -2.16. The fraction of sp³-hybridized carbons (Fsp3) is 0.600. The highest BCUT2D eigenvalue weighted by Gasteiger charge is 2.08.